The second kappa shape index (κ2) is 15.7. The van der Waals surface area contributed by atoms with Gasteiger partial charge in [0.1, 0.15) is 29.8 Å². The van der Waals surface area contributed by atoms with Crippen LogP contribution in [0.5, 0.6) is 17.2 Å². The number of carbonyl (C=O) groups excluding carboxylic acids is 2. The van der Waals surface area contributed by atoms with Gasteiger partial charge in [0.05, 0.1) is 31.9 Å². The molecule has 0 aliphatic carbocycles. The predicted molar refractivity (Wildman–Crippen MR) is 186 cm³/mol. The summed E-state index contributed by atoms with van der Waals surface area (Å²) in [6.07, 6.45) is 0.187. The van der Waals surface area contributed by atoms with E-state index in [-0.39, 0.29) is 35.2 Å². The van der Waals surface area contributed by atoms with Gasteiger partial charge in [-0.3, -0.25) is 13.9 Å². The molecule has 1 unspecified atom stereocenters. The Balaban J connectivity index is 1.88. The van der Waals surface area contributed by atoms with E-state index in [1.54, 1.807) is 55.6 Å². The van der Waals surface area contributed by atoms with E-state index in [9.17, 15) is 18.0 Å². The molecule has 0 saturated heterocycles. The first-order chi connectivity index (χ1) is 22.9. The summed E-state index contributed by atoms with van der Waals surface area (Å²) in [5.41, 5.74) is 1.03. The summed E-state index contributed by atoms with van der Waals surface area (Å²) in [6, 6.07) is 28.1. The van der Waals surface area contributed by atoms with Gasteiger partial charge in [0.15, 0.2) is 0 Å². The van der Waals surface area contributed by atoms with Gasteiger partial charge in [-0.1, -0.05) is 60.7 Å². The van der Waals surface area contributed by atoms with E-state index in [0.717, 1.165) is 9.87 Å². The average Bonchev–Trinajstić information content (AvgIpc) is 3.08. The number of carbonyl (C=O) groups is 2. The summed E-state index contributed by atoms with van der Waals surface area (Å²) in [5.74, 6) is 0.180. The summed E-state index contributed by atoms with van der Waals surface area (Å²) in [6.45, 7) is 4.95. The van der Waals surface area contributed by atoms with Crippen LogP contribution in [0.25, 0.3) is 0 Å². The van der Waals surface area contributed by atoms with Crippen molar-refractivity contribution in [2.75, 3.05) is 32.2 Å². The summed E-state index contributed by atoms with van der Waals surface area (Å²) in [7, 11) is 0.101. The molecule has 254 valence electrons. The number of ether oxygens (including phenoxy) is 3. The Kier molecular flexibility index (Phi) is 11.7. The number of anilines is 1. The Morgan fingerprint density at radius 2 is 1.35 bits per heavy atom. The number of methoxy groups -OCH3 is 3. The lowest BCUT2D eigenvalue weighted by atomic mass is 10.0. The maximum absolute atomic E-state index is 14.8. The third-order valence-electron chi connectivity index (χ3n) is 7.52. The Hall–Kier alpha value is -5.03. The average molecular weight is 674 g/mol. The van der Waals surface area contributed by atoms with Crippen LogP contribution in [-0.2, 0) is 32.6 Å². The van der Waals surface area contributed by atoms with Gasteiger partial charge in [0, 0.05) is 24.6 Å². The lowest BCUT2D eigenvalue weighted by Crippen LogP contribution is -2.56. The highest BCUT2D eigenvalue weighted by molar-refractivity contribution is 7.92. The lowest BCUT2D eigenvalue weighted by Gasteiger charge is -2.35. The molecule has 11 heteroatoms. The molecule has 0 aliphatic heterocycles. The molecular weight excluding hydrogens is 630 g/mol. The Bertz CT molecular complexity index is 1790. The topological polar surface area (TPSA) is 114 Å². The van der Waals surface area contributed by atoms with Crippen LogP contribution >= 0.6 is 0 Å². The molecular formula is C37H43N3O7S. The van der Waals surface area contributed by atoms with E-state index in [0.29, 0.717) is 17.1 Å². The molecule has 0 aromatic heterocycles. The van der Waals surface area contributed by atoms with Crippen molar-refractivity contribution in [3.63, 3.8) is 0 Å². The number of amides is 2. The number of benzene rings is 4. The van der Waals surface area contributed by atoms with Crippen LogP contribution in [0, 0.1) is 0 Å². The highest BCUT2D eigenvalue weighted by Crippen LogP contribution is 2.36. The summed E-state index contributed by atoms with van der Waals surface area (Å²) in [5, 5.41) is 3.03. The number of rotatable bonds is 14. The molecule has 4 aromatic rings. The van der Waals surface area contributed by atoms with Crippen molar-refractivity contribution < 1.29 is 32.2 Å². The first kappa shape index (κ1) is 35.8. The van der Waals surface area contributed by atoms with Gasteiger partial charge >= 0.3 is 0 Å². The largest absolute Gasteiger partial charge is 0.497 e. The molecule has 0 fully saturated rings. The summed E-state index contributed by atoms with van der Waals surface area (Å²) in [4.78, 5) is 30.3. The maximum atomic E-state index is 14.8. The molecule has 0 aliphatic rings. The first-order valence-corrected chi connectivity index (χ1v) is 16.9. The molecule has 10 nitrogen and oxygen atoms in total. The molecule has 1 N–H and O–H groups in total. The van der Waals surface area contributed by atoms with Crippen molar-refractivity contribution in [1.29, 1.82) is 0 Å². The molecule has 0 heterocycles. The lowest BCUT2D eigenvalue weighted by molar-refractivity contribution is -0.140. The molecule has 2 amide bonds. The van der Waals surface area contributed by atoms with Gasteiger partial charge in [0.2, 0.25) is 11.8 Å². The van der Waals surface area contributed by atoms with Crippen LogP contribution in [0.4, 0.5) is 5.69 Å². The van der Waals surface area contributed by atoms with Gasteiger partial charge in [-0.25, -0.2) is 8.42 Å². The molecule has 48 heavy (non-hydrogen) atoms. The summed E-state index contributed by atoms with van der Waals surface area (Å²) >= 11 is 0. The smallest absolute Gasteiger partial charge is 0.264 e. The Morgan fingerprint density at radius 3 is 1.96 bits per heavy atom. The van der Waals surface area contributed by atoms with Crippen molar-refractivity contribution in [3.05, 3.63) is 114 Å². The zero-order chi connectivity index (χ0) is 34.9. The Labute approximate surface area is 283 Å². The van der Waals surface area contributed by atoms with Gasteiger partial charge in [0.25, 0.3) is 10.0 Å². The summed E-state index contributed by atoms with van der Waals surface area (Å²) < 4.78 is 46.1. The molecule has 0 saturated carbocycles. The van der Waals surface area contributed by atoms with Crippen molar-refractivity contribution in [1.82, 2.24) is 10.2 Å². The van der Waals surface area contributed by atoms with E-state index in [4.69, 9.17) is 14.2 Å². The number of sulfonamides is 1. The zero-order valence-electron chi connectivity index (χ0n) is 28.2. The van der Waals surface area contributed by atoms with E-state index in [1.165, 1.54) is 37.3 Å². The van der Waals surface area contributed by atoms with Gasteiger partial charge < -0.3 is 24.4 Å². The molecule has 4 rings (SSSR count). The van der Waals surface area contributed by atoms with E-state index >= 15 is 0 Å². The fourth-order valence-corrected chi connectivity index (χ4v) is 6.64. The molecule has 4 aromatic carbocycles. The van der Waals surface area contributed by atoms with Crippen LogP contribution in [-0.4, -0.2) is 64.6 Å². The quantitative estimate of drug-likeness (QED) is 0.189. The third kappa shape index (κ3) is 9.07. The minimum Gasteiger partial charge on any atom is -0.497 e. The Morgan fingerprint density at radius 1 is 0.750 bits per heavy atom. The highest BCUT2D eigenvalue weighted by atomic mass is 32.2. The molecule has 0 bridgehead atoms. The molecule has 0 spiro atoms. The highest BCUT2D eigenvalue weighted by Gasteiger charge is 2.36. The fourth-order valence-electron chi connectivity index (χ4n) is 5.20. The van der Waals surface area contributed by atoms with Crippen LogP contribution in [0.3, 0.4) is 0 Å². The minimum atomic E-state index is -4.33. The minimum absolute atomic E-state index is 0.000430. The van der Waals surface area contributed by atoms with Crippen LogP contribution in [0.1, 0.15) is 31.9 Å². The predicted octanol–water partition coefficient (Wildman–Crippen LogP) is 5.46. The SMILES string of the molecule is COc1cccc(CN(C(=O)CN(c2cc(OC)ccc2OC)S(=O)(=O)c2ccccc2)C(Cc2ccccc2)C(=O)NC(C)(C)C)c1. The van der Waals surface area contributed by atoms with Crippen molar-refractivity contribution >= 4 is 27.5 Å². The van der Waals surface area contributed by atoms with E-state index < -0.39 is 34.1 Å². The van der Waals surface area contributed by atoms with E-state index in [2.05, 4.69) is 5.32 Å². The van der Waals surface area contributed by atoms with Crippen molar-refractivity contribution in [2.45, 2.75) is 50.2 Å². The first-order valence-electron chi connectivity index (χ1n) is 15.4. The van der Waals surface area contributed by atoms with E-state index in [1.807, 2.05) is 57.2 Å². The van der Waals surface area contributed by atoms with Gasteiger partial charge in [-0.2, -0.15) is 0 Å². The monoisotopic (exact) mass is 673 g/mol. The van der Waals surface area contributed by atoms with Crippen LogP contribution < -0.4 is 23.8 Å². The standard InChI is InChI=1S/C37H43N3O7S/c1-37(2,3)38-36(42)33(23-27-14-9-7-10-15-27)39(25-28-16-13-17-29(22-28)45-4)35(41)26-40(48(43,44)31-18-11-8-12-19-31)32-24-30(46-5)20-21-34(32)47-6/h7-22,24,33H,23,25-26H2,1-6H3,(H,38,42). The van der Waals surface area contributed by atoms with Crippen molar-refractivity contribution in [2.24, 2.45) is 0 Å². The molecule has 0 radical (unpaired) electrons. The molecule has 1 atom stereocenters. The zero-order valence-corrected chi connectivity index (χ0v) is 29.0. The number of nitrogens with one attached hydrogen (secondary N) is 1. The second-order valence-electron chi connectivity index (χ2n) is 12.2. The second-order valence-corrected chi connectivity index (χ2v) is 14.0. The van der Waals surface area contributed by atoms with Gasteiger partial charge in [-0.15, -0.1) is 0 Å². The normalized spacial score (nSPS) is 12.0. The number of hydrogen-bond acceptors (Lipinski definition) is 7. The number of hydrogen-bond donors (Lipinski definition) is 1. The van der Waals surface area contributed by atoms with Crippen LogP contribution in [0.2, 0.25) is 0 Å². The van der Waals surface area contributed by atoms with Gasteiger partial charge in [-0.05, 0) is 68.3 Å². The number of nitrogens with zero attached hydrogens (tertiary/aromatic N) is 2. The maximum Gasteiger partial charge on any atom is 0.264 e. The third-order valence-corrected chi connectivity index (χ3v) is 9.30. The fraction of sp³-hybridized carbons (Fsp3) is 0.297. The van der Waals surface area contributed by atoms with Crippen LogP contribution in [0.15, 0.2) is 108 Å². The van der Waals surface area contributed by atoms with Crippen molar-refractivity contribution in [3.8, 4) is 17.2 Å².